The highest BCUT2D eigenvalue weighted by atomic mass is 35.5. The zero-order valence-electron chi connectivity index (χ0n) is 20.9. The number of amides is 2. The molecule has 0 spiro atoms. The third-order valence-corrected chi connectivity index (χ3v) is 6.44. The number of carbonyl (C=O) groups is 2. The van der Waals surface area contributed by atoms with E-state index >= 15 is 0 Å². The summed E-state index contributed by atoms with van der Waals surface area (Å²) in [7, 11) is 1.71. The van der Waals surface area contributed by atoms with Crippen LogP contribution in [0.4, 0.5) is 10.8 Å². The van der Waals surface area contributed by atoms with Gasteiger partial charge < -0.3 is 25.1 Å². The number of hydrogen-bond acceptors (Lipinski definition) is 6. The van der Waals surface area contributed by atoms with E-state index in [1.807, 2.05) is 42.5 Å². The highest BCUT2D eigenvalue weighted by molar-refractivity contribution is 6.30. The van der Waals surface area contributed by atoms with E-state index in [1.165, 1.54) is 0 Å². The zero-order valence-corrected chi connectivity index (χ0v) is 21.7. The number of halogens is 1. The normalized spacial score (nSPS) is 11.7. The Hall–Kier alpha value is -4.37. The second kappa shape index (κ2) is 11.8. The minimum Gasteiger partial charge on any atom is -0.465 e. The van der Waals surface area contributed by atoms with Crippen molar-refractivity contribution in [2.24, 2.45) is 0 Å². The van der Waals surface area contributed by atoms with Gasteiger partial charge in [-0.05, 0) is 47.4 Å². The van der Waals surface area contributed by atoms with Crippen molar-refractivity contribution in [2.45, 2.75) is 32.5 Å². The van der Waals surface area contributed by atoms with Gasteiger partial charge in [-0.25, -0.2) is 9.59 Å². The van der Waals surface area contributed by atoms with Crippen molar-refractivity contribution in [1.82, 2.24) is 15.2 Å². The molecule has 0 radical (unpaired) electrons. The molecule has 10 heteroatoms. The smallest absolute Gasteiger partial charge is 0.404 e. The van der Waals surface area contributed by atoms with E-state index in [4.69, 9.17) is 21.1 Å². The van der Waals surface area contributed by atoms with Crippen LogP contribution in [0.1, 0.15) is 22.3 Å². The predicted molar refractivity (Wildman–Crippen MR) is 145 cm³/mol. The van der Waals surface area contributed by atoms with Gasteiger partial charge in [0, 0.05) is 31.6 Å². The zero-order chi connectivity index (χ0) is 27.2. The molecule has 1 aromatic heterocycles. The minimum atomic E-state index is -1.16. The van der Waals surface area contributed by atoms with Gasteiger partial charge in [0.25, 0.3) is 6.01 Å². The summed E-state index contributed by atoms with van der Waals surface area (Å²) in [5, 5.41) is 15.0. The fraction of sp³-hybridized carbons (Fsp3) is 0.214. The first-order chi connectivity index (χ1) is 18.2. The fourth-order valence-corrected chi connectivity index (χ4v) is 4.32. The first-order valence-corrected chi connectivity index (χ1v) is 12.3. The van der Waals surface area contributed by atoms with E-state index in [0.717, 1.165) is 11.1 Å². The van der Waals surface area contributed by atoms with Crippen LogP contribution in [0.2, 0.25) is 5.02 Å². The lowest BCUT2D eigenvalue weighted by molar-refractivity contribution is -0.131. The number of carbonyl (C=O) groups excluding carboxylic acids is 1. The predicted octanol–water partition coefficient (Wildman–Crippen LogP) is 4.60. The molecule has 2 amide bonds. The van der Waals surface area contributed by atoms with Crippen molar-refractivity contribution in [3.05, 3.63) is 104 Å². The number of likely N-dealkylation sites (N-methyl/N-ethyl adjacent to an activating group) is 1. The molecule has 4 aromatic rings. The lowest BCUT2D eigenvalue weighted by Gasteiger charge is -2.25. The number of carboxylic acid groups (broad SMARTS) is 1. The summed E-state index contributed by atoms with van der Waals surface area (Å²) < 4.78 is 5.48. The van der Waals surface area contributed by atoms with Gasteiger partial charge in [0.2, 0.25) is 5.91 Å². The van der Waals surface area contributed by atoms with Crippen molar-refractivity contribution < 1.29 is 19.1 Å². The summed E-state index contributed by atoms with van der Waals surface area (Å²) >= 11 is 6.03. The summed E-state index contributed by atoms with van der Waals surface area (Å²) in [6, 6.07) is 19.3. The molecule has 0 aliphatic heterocycles. The number of nitrogens with one attached hydrogen (secondary N) is 2. The Morgan fingerprint density at radius 3 is 2.45 bits per heavy atom. The van der Waals surface area contributed by atoms with Crippen LogP contribution in [0.15, 0.2) is 75.9 Å². The molecule has 0 saturated carbocycles. The number of benzene rings is 3. The van der Waals surface area contributed by atoms with E-state index < -0.39 is 17.8 Å². The summed E-state index contributed by atoms with van der Waals surface area (Å²) in [5.74, 6) is -0.209. The maximum Gasteiger partial charge on any atom is 0.404 e. The average Bonchev–Trinajstić information content (AvgIpc) is 2.89. The topological polar surface area (TPSA) is 125 Å². The van der Waals surface area contributed by atoms with E-state index in [-0.39, 0.29) is 23.9 Å². The third kappa shape index (κ3) is 6.49. The highest BCUT2D eigenvalue weighted by Gasteiger charge is 2.25. The van der Waals surface area contributed by atoms with Crippen LogP contribution in [0, 0.1) is 6.92 Å². The molecule has 1 atom stereocenters. The molecule has 1 heterocycles. The van der Waals surface area contributed by atoms with Crippen LogP contribution < -0.4 is 16.3 Å². The molecular formula is C28H27ClN4O5. The van der Waals surface area contributed by atoms with Gasteiger partial charge in [-0.15, -0.1) is 0 Å². The van der Waals surface area contributed by atoms with Crippen molar-refractivity contribution in [2.75, 3.05) is 12.4 Å². The molecular weight excluding hydrogens is 508 g/mol. The van der Waals surface area contributed by atoms with Gasteiger partial charge in [-0.1, -0.05) is 60.1 Å². The number of nitrogens with zero attached hydrogens (tertiary/aromatic N) is 2. The van der Waals surface area contributed by atoms with Gasteiger partial charge in [0.05, 0.1) is 10.9 Å². The number of fused-ring (bicyclic) bond motifs is 1. The molecule has 0 saturated heterocycles. The van der Waals surface area contributed by atoms with E-state index in [1.54, 1.807) is 43.1 Å². The summed E-state index contributed by atoms with van der Waals surface area (Å²) in [6.45, 7) is 2.15. The van der Waals surface area contributed by atoms with Crippen LogP contribution in [0.25, 0.3) is 10.9 Å². The molecule has 38 heavy (non-hydrogen) atoms. The molecule has 9 nitrogen and oxygen atoms in total. The Morgan fingerprint density at radius 2 is 1.76 bits per heavy atom. The maximum absolute atomic E-state index is 13.5. The minimum absolute atomic E-state index is 0.0436. The van der Waals surface area contributed by atoms with Crippen molar-refractivity contribution in [3.63, 3.8) is 0 Å². The van der Waals surface area contributed by atoms with Crippen molar-refractivity contribution in [3.8, 4) is 0 Å². The molecule has 3 N–H and O–H groups in total. The molecule has 0 fully saturated rings. The largest absolute Gasteiger partial charge is 0.465 e. The molecule has 4 rings (SSSR count). The summed E-state index contributed by atoms with van der Waals surface area (Å²) in [5.41, 5.74) is 2.78. The van der Waals surface area contributed by atoms with E-state index in [0.29, 0.717) is 34.6 Å². The Kier molecular flexibility index (Phi) is 8.28. The second-order valence-electron chi connectivity index (χ2n) is 8.92. The quantitative estimate of drug-likeness (QED) is 0.286. The number of hydrogen-bond donors (Lipinski definition) is 3. The SMILES string of the molecule is Cc1c(CNC(=O)O)ccc2nc(N[C@@H](Cc3ccc(Cl)cc3)C(=O)N(C)Cc3ccccc3)oc(=O)c12. The molecule has 0 bridgehead atoms. The first kappa shape index (κ1) is 26.7. The van der Waals surface area contributed by atoms with Crippen molar-refractivity contribution >= 4 is 40.5 Å². The van der Waals surface area contributed by atoms with Crippen molar-refractivity contribution in [1.29, 1.82) is 0 Å². The summed E-state index contributed by atoms with van der Waals surface area (Å²) in [6.07, 6.45) is -0.861. The standard InChI is InChI=1S/C28H27ClN4O5/c1-17-20(15-30-28(36)37)10-13-22-24(17)26(35)38-27(31-22)32-23(14-18-8-11-21(29)12-9-18)25(34)33(2)16-19-6-4-3-5-7-19/h3-13,23,30H,14-16H2,1-2H3,(H,31,32)(H,36,37)/t23-/m0/s1. The monoisotopic (exact) mass is 534 g/mol. The van der Waals surface area contributed by atoms with E-state index in [2.05, 4.69) is 15.6 Å². The van der Waals surface area contributed by atoms with Gasteiger partial charge in [-0.2, -0.15) is 4.98 Å². The third-order valence-electron chi connectivity index (χ3n) is 6.19. The maximum atomic E-state index is 13.5. The molecule has 0 unspecified atom stereocenters. The van der Waals surface area contributed by atoms with E-state index in [9.17, 15) is 14.4 Å². The Morgan fingerprint density at radius 1 is 1.05 bits per heavy atom. The molecule has 3 aromatic carbocycles. The Bertz CT molecular complexity index is 1510. The van der Waals surface area contributed by atoms with Gasteiger partial charge >= 0.3 is 11.7 Å². The fourth-order valence-electron chi connectivity index (χ4n) is 4.19. The number of anilines is 1. The van der Waals surface area contributed by atoms with Crippen LogP contribution >= 0.6 is 11.6 Å². The number of rotatable bonds is 9. The molecule has 0 aliphatic carbocycles. The Labute approximate surface area is 224 Å². The van der Waals surface area contributed by atoms with Gasteiger partial charge in [0.1, 0.15) is 6.04 Å². The van der Waals surface area contributed by atoms with Crippen LogP contribution in [-0.4, -0.2) is 40.1 Å². The van der Waals surface area contributed by atoms with Crippen LogP contribution in [-0.2, 0) is 24.3 Å². The van der Waals surface area contributed by atoms with Gasteiger partial charge in [-0.3, -0.25) is 4.79 Å². The molecule has 0 aliphatic rings. The van der Waals surface area contributed by atoms with Crippen LogP contribution in [0.5, 0.6) is 0 Å². The lowest BCUT2D eigenvalue weighted by atomic mass is 10.0. The first-order valence-electron chi connectivity index (χ1n) is 11.9. The number of aryl methyl sites for hydroxylation is 1. The lowest BCUT2D eigenvalue weighted by Crippen LogP contribution is -2.42. The molecule has 196 valence electrons. The number of aromatic nitrogens is 1. The average molecular weight is 535 g/mol. The Balaban J connectivity index is 1.63. The highest BCUT2D eigenvalue weighted by Crippen LogP contribution is 2.21. The van der Waals surface area contributed by atoms with Gasteiger partial charge in [0.15, 0.2) is 0 Å². The second-order valence-corrected chi connectivity index (χ2v) is 9.35. The summed E-state index contributed by atoms with van der Waals surface area (Å²) in [4.78, 5) is 43.4. The van der Waals surface area contributed by atoms with Crippen LogP contribution in [0.3, 0.4) is 0 Å².